The molecule has 0 aromatic rings. The van der Waals surface area contributed by atoms with Crippen molar-refractivity contribution in [2.45, 2.75) is 32.5 Å². The van der Waals surface area contributed by atoms with Gasteiger partial charge in [0.25, 0.3) is 0 Å². The van der Waals surface area contributed by atoms with Gasteiger partial charge in [-0.3, -0.25) is 4.79 Å². The number of ketones is 1. The van der Waals surface area contributed by atoms with Gasteiger partial charge in [-0.1, -0.05) is 6.92 Å². The second kappa shape index (κ2) is 3.32. The van der Waals surface area contributed by atoms with Gasteiger partial charge in [0.1, 0.15) is 6.61 Å². The third-order valence-corrected chi connectivity index (χ3v) is 2.08. The number of ether oxygens (including phenoxy) is 1. The monoisotopic (exact) mass is 158 g/mol. The summed E-state index contributed by atoms with van der Waals surface area (Å²) in [5.41, 5.74) is 0. The number of hydrogen-bond acceptors (Lipinski definition) is 3. The minimum absolute atomic E-state index is 0.0374. The zero-order chi connectivity index (χ0) is 8.43. The number of aliphatic hydroxyl groups excluding tert-OH is 1. The summed E-state index contributed by atoms with van der Waals surface area (Å²) in [5.74, 6) is 0.111. The van der Waals surface area contributed by atoms with Crippen LogP contribution in [-0.4, -0.2) is 29.7 Å². The number of Topliss-reactive ketones (excluding diaryl/α,β-unsaturated/α-hetero) is 1. The highest BCUT2D eigenvalue weighted by Crippen LogP contribution is 2.20. The first kappa shape index (κ1) is 8.68. The molecule has 0 saturated carbocycles. The summed E-state index contributed by atoms with van der Waals surface area (Å²) < 4.78 is 5.18. The van der Waals surface area contributed by atoms with Crippen molar-refractivity contribution in [3.8, 4) is 0 Å². The standard InChI is InChI=1S/C8H14O3/c1-5(9)3-8-6(2)7(10)4-11-8/h5-6,8-9H,3-4H2,1-2H3. The van der Waals surface area contributed by atoms with Crippen LogP contribution in [0.25, 0.3) is 0 Å². The normalized spacial score (nSPS) is 34.3. The first-order valence-electron chi connectivity index (χ1n) is 3.93. The van der Waals surface area contributed by atoms with E-state index in [0.29, 0.717) is 6.42 Å². The highest BCUT2D eigenvalue weighted by atomic mass is 16.5. The van der Waals surface area contributed by atoms with Gasteiger partial charge < -0.3 is 9.84 Å². The van der Waals surface area contributed by atoms with Crippen LogP contribution in [0.3, 0.4) is 0 Å². The smallest absolute Gasteiger partial charge is 0.163 e. The van der Waals surface area contributed by atoms with Crippen molar-refractivity contribution >= 4 is 5.78 Å². The highest BCUT2D eigenvalue weighted by molar-refractivity contribution is 5.84. The molecule has 0 aromatic carbocycles. The Bertz CT molecular complexity index is 153. The van der Waals surface area contributed by atoms with Gasteiger partial charge in [0.05, 0.1) is 12.2 Å². The highest BCUT2D eigenvalue weighted by Gasteiger charge is 2.32. The average Bonchev–Trinajstić information content (AvgIpc) is 2.18. The molecule has 1 N–H and O–H groups in total. The van der Waals surface area contributed by atoms with Crippen LogP contribution in [0.15, 0.2) is 0 Å². The lowest BCUT2D eigenvalue weighted by atomic mass is 9.99. The second-order valence-corrected chi connectivity index (χ2v) is 3.19. The Hall–Kier alpha value is -0.410. The molecule has 0 radical (unpaired) electrons. The Kier molecular flexibility index (Phi) is 2.62. The van der Waals surface area contributed by atoms with E-state index in [9.17, 15) is 4.79 Å². The topological polar surface area (TPSA) is 46.5 Å². The fourth-order valence-corrected chi connectivity index (χ4v) is 1.28. The Morgan fingerprint density at radius 3 is 2.82 bits per heavy atom. The predicted molar refractivity (Wildman–Crippen MR) is 40.2 cm³/mol. The van der Waals surface area contributed by atoms with E-state index in [4.69, 9.17) is 9.84 Å². The van der Waals surface area contributed by atoms with Gasteiger partial charge in [-0.25, -0.2) is 0 Å². The van der Waals surface area contributed by atoms with Gasteiger partial charge in [-0.2, -0.15) is 0 Å². The van der Waals surface area contributed by atoms with E-state index in [2.05, 4.69) is 0 Å². The lowest BCUT2D eigenvalue weighted by Gasteiger charge is -2.14. The molecule has 0 aliphatic carbocycles. The molecule has 1 aliphatic heterocycles. The molecule has 11 heavy (non-hydrogen) atoms. The average molecular weight is 158 g/mol. The zero-order valence-electron chi connectivity index (χ0n) is 6.91. The van der Waals surface area contributed by atoms with E-state index < -0.39 is 0 Å². The van der Waals surface area contributed by atoms with Crippen molar-refractivity contribution in [2.75, 3.05) is 6.61 Å². The minimum atomic E-state index is -0.381. The van der Waals surface area contributed by atoms with Crippen LogP contribution in [0, 0.1) is 5.92 Å². The van der Waals surface area contributed by atoms with Crippen molar-refractivity contribution in [2.24, 2.45) is 5.92 Å². The van der Waals surface area contributed by atoms with Gasteiger partial charge in [0, 0.05) is 5.92 Å². The molecule has 0 amide bonds. The van der Waals surface area contributed by atoms with Crippen LogP contribution >= 0.6 is 0 Å². The predicted octanol–water partition coefficient (Wildman–Crippen LogP) is 0.361. The summed E-state index contributed by atoms with van der Waals surface area (Å²) in [5, 5.41) is 9.03. The van der Waals surface area contributed by atoms with Crippen molar-refractivity contribution < 1.29 is 14.6 Å². The van der Waals surface area contributed by atoms with Crippen LogP contribution in [0.5, 0.6) is 0 Å². The van der Waals surface area contributed by atoms with E-state index in [0.717, 1.165) is 0 Å². The Labute approximate surface area is 66.4 Å². The van der Waals surface area contributed by atoms with E-state index in [1.807, 2.05) is 6.92 Å². The summed E-state index contributed by atoms with van der Waals surface area (Å²) in [6.07, 6.45) is 0.114. The first-order valence-corrected chi connectivity index (χ1v) is 3.93. The summed E-state index contributed by atoms with van der Waals surface area (Å²) in [6, 6.07) is 0. The van der Waals surface area contributed by atoms with Gasteiger partial charge in [0.2, 0.25) is 0 Å². The molecule has 64 valence electrons. The Balaban J connectivity index is 2.42. The Morgan fingerprint density at radius 2 is 2.45 bits per heavy atom. The summed E-state index contributed by atoms with van der Waals surface area (Å²) in [7, 11) is 0. The molecule has 1 heterocycles. The summed E-state index contributed by atoms with van der Waals surface area (Å²) in [4.78, 5) is 11.0. The molecule has 3 nitrogen and oxygen atoms in total. The van der Waals surface area contributed by atoms with E-state index in [-0.39, 0.29) is 30.5 Å². The van der Waals surface area contributed by atoms with Crippen LogP contribution in [0.2, 0.25) is 0 Å². The lowest BCUT2D eigenvalue weighted by molar-refractivity contribution is -0.120. The largest absolute Gasteiger partial charge is 0.393 e. The molecule has 1 aliphatic rings. The van der Waals surface area contributed by atoms with Crippen molar-refractivity contribution in [1.29, 1.82) is 0 Å². The fourth-order valence-electron chi connectivity index (χ4n) is 1.28. The van der Waals surface area contributed by atoms with Gasteiger partial charge in [-0.15, -0.1) is 0 Å². The van der Waals surface area contributed by atoms with Crippen molar-refractivity contribution in [3.05, 3.63) is 0 Å². The number of carbonyl (C=O) groups excluding carboxylic acids is 1. The Morgan fingerprint density at radius 1 is 1.82 bits per heavy atom. The maximum absolute atomic E-state index is 11.0. The van der Waals surface area contributed by atoms with Gasteiger partial charge in [-0.05, 0) is 13.3 Å². The van der Waals surface area contributed by atoms with Crippen LogP contribution in [0.4, 0.5) is 0 Å². The molecule has 0 bridgehead atoms. The van der Waals surface area contributed by atoms with Crippen LogP contribution < -0.4 is 0 Å². The third-order valence-electron chi connectivity index (χ3n) is 2.08. The first-order chi connectivity index (χ1) is 5.11. The minimum Gasteiger partial charge on any atom is -0.393 e. The maximum atomic E-state index is 11.0. The zero-order valence-corrected chi connectivity index (χ0v) is 6.91. The number of hydrogen-bond donors (Lipinski definition) is 1. The molecule has 1 rings (SSSR count). The number of carbonyl (C=O) groups is 1. The lowest BCUT2D eigenvalue weighted by Crippen LogP contribution is -2.21. The van der Waals surface area contributed by atoms with Crippen molar-refractivity contribution in [3.63, 3.8) is 0 Å². The fraction of sp³-hybridized carbons (Fsp3) is 0.875. The third kappa shape index (κ3) is 2.01. The molecular weight excluding hydrogens is 144 g/mol. The molecular formula is C8H14O3. The summed E-state index contributed by atoms with van der Waals surface area (Å²) >= 11 is 0. The molecule has 1 fully saturated rings. The van der Waals surface area contributed by atoms with E-state index in [1.54, 1.807) is 6.92 Å². The van der Waals surface area contributed by atoms with E-state index in [1.165, 1.54) is 0 Å². The molecule has 3 unspecified atom stereocenters. The number of rotatable bonds is 2. The molecule has 3 heteroatoms. The van der Waals surface area contributed by atoms with Crippen LogP contribution in [-0.2, 0) is 9.53 Å². The van der Waals surface area contributed by atoms with Crippen molar-refractivity contribution in [1.82, 2.24) is 0 Å². The molecule has 0 aromatic heterocycles. The van der Waals surface area contributed by atoms with Gasteiger partial charge in [0.15, 0.2) is 5.78 Å². The molecule has 3 atom stereocenters. The van der Waals surface area contributed by atoms with Crippen LogP contribution in [0.1, 0.15) is 20.3 Å². The molecule has 0 spiro atoms. The summed E-state index contributed by atoms with van der Waals surface area (Å²) in [6.45, 7) is 3.78. The quantitative estimate of drug-likeness (QED) is 0.631. The SMILES string of the molecule is CC(O)CC1OCC(=O)C1C. The second-order valence-electron chi connectivity index (χ2n) is 3.19. The van der Waals surface area contributed by atoms with E-state index >= 15 is 0 Å². The maximum Gasteiger partial charge on any atom is 0.163 e. The molecule has 1 saturated heterocycles. The van der Waals surface area contributed by atoms with Gasteiger partial charge >= 0.3 is 0 Å². The number of aliphatic hydroxyl groups is 1.